The van der Waals surface area contributed by atoms with Crippen LogP contribution in [0.25, 0.3) is 0 Å². The van der Waals surface area contributed by atoms with Gasteiger partial charge < -0.3 is 5.11 Å². The second kappa shape index (κ2) is 4.94. The molecule has 0 aliphatic carbocycles. The molecule has 0 saturated carbocycles. The highest BCUT2D eigenvalue weighted by Crippen LogP contribution is 2.35. The zero-order chi connectivity index (χ0) is 14.2. The molecule has 0 bridgehead atoms. The van der Waals surface area contributed by atoms with Crippen LogP contribution in [0.4, 0.5) is 4.39 Å². The molecule has 5 heteroatoms. The van der Waals surface area contributed by atoms with Gasteiger partial charge in [-0.2, -0.15) is 5.10 Å². The van der Waals surface area contributed by atoms with Crippen molar-refractivity contribution < 1.29 is 9.50 Å². The molecule has 19 heavy (non-hydrogen) atoms. The highest BCUT2D eigenvalue weighted by Gasteiger charge is 2.33. The molecule has 1 aromatic carbocycles. The fourth-order valence-electron chi connectivity index (χ4n) is 2.12. The maximum atomic E-state index is 13.3. The van der Waals surface area contributed by atoms with Crippen molar-refractivity contribution in [3.05, 3.63) is 52.6 Å². The van der Waals surface area contributed by atoms with Crippen LogP contribution in [0.15, 0.2) is 30.5 Å². The van der Waals surface area contributed by atoms with Crippen LogP contribution in [0.3, 0.4) is 0 Å². The van der Waals surface area contributed by atoms with E-state index in [2.05, 4.69) is 5.10 Å². The van der Waals surface area contributed by atoms with Crippen molar-refractivity contribution in [2.45, 2.75) is 32.4 Å². The monoisotopic (exact) mass is 282 g/mol. The summed E-state index contributed by atoms with van der Waals surface area (Å²) in [5, 5.41) is 15.3. The van der Waals surface area contributed by atoms with Crippen LogP contribution in [0.1, 0.15) is 38.1 Å². The Bertz CT molecular complexity index is 593. The number of aliphatic hydroxyl groups is 1. The topological polar surface area (TPSA) is 38.0 Å². The van der Waals surface area contributed by atoms with E-state index in [0.717, 1.165) is 0 Å². The highest BCUT2D eigenvalue weighted by molar-refractivity contribution is 6.31. The van der Waals surface area contributed by atoms with E-state index in [0.29, 0.717) is 16.3 Å². The third-order valence-corrected chi connectivity index (χ3v) is 3.36. The van der Waals surface area contributed by atoms with Gasteiger partial charge in [0.25, 0.3) is 0 Å². The van der Waals surface area contributed by atoms with E-state index in [1.54, 1.807) is 23.7 Å². The Morgan fingerprint density at radius 3 is 2.68 bits per heavy atom. The summed E-state index contributed by atoms with van der Waals surface area (Å²) in [6.07, 6.45) is 1.49. The van der Waals surface area contributed by atoms with Crippen molar-refractivity contribution in [2.24, 2.45) is 0 Å². The van der Waals surface area contributed by atoms with Crippen LogP contribution in [0, 0.1) is 5.82 Å². The van der Waals surface area contributed by atoms with Crippen molar-refractivity contribution in [3.8, 4) is 0 Å². The molecule has 0 fully saturated rings. The van der Waals surface area contributed by atoms with E-state index in [1.807, 2.05) is 13.8 Å². The van der Waals surface area contributed by atoms with Crippen molar-refractivity contribution in [1.82, 2.24) is 9.78 Å². The molecule has 0 amide bonds. The normalized spacial score (nSPS) is 14.7. The molecule has 3 nitrogen and oxygen atoms in total. The number of rotatable bonds is 3. The first kappa shape index (κ1) is 14.0. The molecule has 1 N–H and O–H groups in total. The molecule has 0 aliphatic heterocycles. The van der Waals surface area contributed by atoms with Crippen LogP contribution < -0.4 is 0 Å². The highest BCUT2D eigenvalue weighted by atomic mass is 35.5. The summed E-state index contributed by atoms with van der Waals surface area (Å²) in [5.74, 6) is -0.399. The minimum Gasteiger partial charge on any atom is -0.379 e. The Morgan fingerprint density at radius 2 is 2.11 bits per heavy atom. The minimum atomic E-state index is -1.40. The Kier molecular flexibility index (Phi) is 3.65. The van der Waals surface area contributed by atoms with Gasteiger partial charge in [0.1, 0.15) is 11.4 Å². The Balaban J connectivity index is 2.59. The number of aromatic nitrogens is 2. The molecule has 1 atom stereocenters. The molecule has 0 aliphatic rings. The van der Waals surface area contributed by atoms with Crippen molar-refractivity contribution in [1.29, 1.82) is 0 Å². The Labute approximate surface area is 116 Å². The minimum absolute atomic E-state index is 0.0440. The average Bonchev–Trinajstić information content (AvgIpc) is 2.72. The SMILES string of the molecule is CC(C)n1ncc(Cl)c1C(C)(O)c1cccc(F)c1. The predicted molar refractivity (Wildman–Crippen MR) is 72.7 cm³/mol. The van der Waals surface area contributed by atoms with E-state index in [9.17, 15) is 9.50 Å². The van der Waals surface area contributed by atoms with Crippen LogP contribution in [-0.2, 0) is 5.60 Å². The fourth-order valence-corrected chi connectivity index (χ4v) is 2.43. The summed E-state index contributed by atoms with van der Waals surface area (Å²) in [6, 6.07) is 5.90. The molecule has 0 saturated heterocycles. The number of halogens is 2. The van der Waals surface area contributed by atoms with Crippen LogP contribution in [0.5, 0.6) is 0 Å². The molecule has 2 rings (SSSR count). The van der Waals surface area contributed by atoms with Gasteiger partial charge >= 0.3 is 0 Å². The van der Waals surface area contributed by atoms with Gasteiger partial charge in [0.2, 0.25) is 0 Å². The maximum Gasteiger partial charge on any atom is 0.130 e. The van der Waals surface area contributed by atoms with E-state index < -0.39 is 11.4 Å². The van der Waals surface area contributed by atoms with Crippen molar-refractivity contribution >= 4 is 11.6 Å². The average molecular weight is 283 g/mol. The summed E-state index contributed by atoms with van der Waals surface area (Å²) in [4.78, 5) is 0. The largest absolute Gasteiger partial charge is 0.379 e. The van der Waals surface area contributed by atoms with E-state index in [1.165, 1.54) is 18.3 Å². The standard InChI is InChI=1S/C14H16ClFN2O/c1-9(2)18-13(12(15)8-17-18)14(3,19)10-5-4-6-11(16)7-10/h4-9,19H,1-3H3. The molecule has 0 spiro atoms. The van der Waals surface area contributed by atoms with Gasteiger partial charge in [0, 0.05) is 6.04 Å². The van der Waals surface area contributed by atoms with Crippen LogP contribution >= 0.6 is 11.6 Å². The Morgan fingerprint density at radius 1 is 1.42 bits per heavy atom. The molecule has 2 aromatic rings. The second-order valence-electron chi connectivity index (χ2n) is 4.96. The molecule has 1 unspecified atom stereocenters. The first-order chi connectivity index (χ1) is 8.84. The third kappa shape index (κ3) is 2.51. The summed E-state index contributed by atoms with van der Waals surface area (Å²) in [5.41, 5.74) is -0.494. The Hall–Kier alpha value is -1.39. The predicted octanol–water partition coefficient (Wildman–Crippen LogP) is 3.51. The zero-order valence-corrected chi connectivity index (χ0v) is 11.8. The third-order valence-electron chi connectivity index (χ3n) is 3.09. The lowest BCUT2D eigenvalue weighted by atomic mass is 9.92. The summed E-state index contributed by atoms with van der Waals surface area (Å²) >= 11 is 6.13. The quantitative estimate of drug-likeness (QED) is 0.935. The molecule has 0 radical (unpaired) electrons. The van der Waals surface area contributed by atoms with Gasteiger partial charge in [-0.3, -0.25) is 4.68 Å². The van der Waals surface area contributed by atoms with Gasteiger partial charge in [0.05, 0.1) is 16.9 Å². The lowest BCUT2D eigenvalue weighted by Crippen LogP contribution is -2.28. The molecular weight excluding hydrogens is 267 g/mol. The number of nitrogens with zero attached hydrogens (tertiary/aromatic N) is 2. The second-order valence-corrected chi connectivity index (χ2v) is 5.37. The van der Waals surface area contributed by atoms with Gasteiger partial charge in [-0.05, 0) is 38.5 Å². The first-order valence-electron chi connectivity index (χ1n) is 6.06. The van der Waals surface area contributed by atoms with E-state index in [-0.39, 0.29) is 6.04 Å². The lowest BCUT2D eigenvalue weighted by Gasteiger charge is -2.27. The summed E-state index contributed by atoms with van der Waals surface area (Å²) < 4.78 is 15.0. The smallest absolute Gasteiger partial charge is 0.130 e. The summed E-state index contributed by atoms with van der Waals surface area (Å²) in [7, 11) is 0. The molecular formula is C14H16ClFN2O. The first-order valence-corrected chi connectivity index (χ1v) is 6.43. The lowest BCUT2D eigenvalue weighted by molar-refractivity contribution is 0.0898. The van der Waals surface area contributed by atoms with E-state index >= 15 is 0 Å². The fraction of sp³-hybridized carbons (Fsp3) is 0.357. The van der Waals surface area contributed by atoms with Crippen molar-refractivity contribution in [2.75, 3.05) is 0 Å². The maximum absolute atomic E-state index is 13.3. The van der Waals surface area contributed by atoms with Crippen LogP contribution in [0.2, 0.25) is 5.02 Å². The molecule has 1 aromatic heterocycles. The van der Waals surface area contributed by atoms with Gasteiger partial charge in [-0.1, -0.05) is 23.7 Å². The number of benzene rings is 1. The van der Waals surface area contributed by atoms with Crippen molar-refractivity contribution in [3.63, 3.8) is 0 Å². The van der Waals surface area contributed by atoms with Gasteiger partial charge in [-0.15, -0.1) is 0 Å². The summed E-state index contributed by atoms with van der Waals surface area (Å²) in [6.45, 7) is 5.46. The van der Waals surface area contributed by atoms with Gasteiger partial charge in [-0.25, -0.2) is 4.39 Å². The van der Waals surface area contributed by atoms with Gasteiger partial charge in [0.15, 0.2) is 0 Å². The molecule has 1 heterocycles. The van der Waals surface area contributed by atoms with Crippen LogP contribution in [-0.4, -0.2) is 14.9 Å². The number of hydrogen-bond acceptors (Lipinski definition) is 2. The number of hydrogen-bond donors (Lipinski definition) is 1. The zero-order valence-electron chi connectivity index (χ0n) is 11.1. The molecule has 102 valence electrons. The van der Waals surface area contributed by atoms with E-state index in [4.69, 9.17) is 11.6 Å².